The van der Waals surface area contributed by atoms with Gasteiger partial charge in [0.25, 0.3) is 0 Å². The summed E-state index contributed by atoms with van der Waals surface area (Å²) in [5.41, 5.74) is 6.91. The van der Waals surface area contributed by atoms with Crippen molar-refractivity contribution in [1.82, 2.24) is 9.78 Å². The number of rotatable bonds is 4. The smallest absolute Gasteiger partial charge is 0.171 e. The van der Waals surface area contributed by atoms with Crippen LogP contribution in [0.5, 0.6) is 11.5 Å². The van der Waals surface area contributed by atoms with Gasteiger partial charge in [-0.25, -0.2) is 4.39 Å². The maximum Gasteiger partial charge on any atom is 0.171 e. The van der Waals surface area contributed by atoms with Gasteiger partial charge in [0.1, 0.15) is 11.6 Å². The molecule has 5 nitrogen and oxygen atoms in total. The van der Waals surface area contributed by atoms with E-state index in [1.807, 2.05) is 0 Å². The summed E-state index contributed by atoms with van der Waals surface area (Å²) in [5, 5.41) is 4.27. The van der Waals surface area contributed by atoms with Crippen molar-refractivity contribution >= 4 is 5.82 Å². The molecule has 0 radical (unpaired) electrons. The Morgan fingerprint density at radius 1 is 1.35 bits per heavy atom. The number of nitrogens with zero attached hydrogens (tertiary/aromatic N) is 2. The third kappa shape index (κ3) is 2.29. The Balaban J connectivity index is 2.13. The van der Waals surface area contributed by atoms with E-state index < -0.39 is 5.82 Å². The molecule has 0 atom stereocenters. The second-order valence-electron chi connectivity index (χ2n) is 4.88. The van der Waals surface area contributed by atoms with Crippen LogP contribution < -0.4 is 15.2 Å². The van der Waals surface area contributed by atoms with Gasteiger partial charge in [0.2, 0.25) is 0 Å². The molecule has 1 heterocycles. The van der Waals surface area contributed by atoms with Crippen molar-refractivity contribution in [2.45, 2.75) is 18.9 Å². The largest absolute Gasteiger partial charge is 0.493 e. The molecule has 6 heteroatoms. The Morgan fingerprint density at radius 2 is 2.10 bits per heavy atom. The summed E-state index contributed by atoms with van der Waals surface area (Å²) in [7, 11) is 3.22. The fourth-order valence-corrected chi connectivity index (χ4v) is 2.00. The first-order valence-corrected chi connectivity index (χ1v) is 6.42. The van der Waals surface area contributed by atoms with E-state index in [-0.39, 0.29) is 6.10 Å². The van der Waals surface area contributed by atoms with Gasteiger partial charge in [-0.15, -0.1) is 0 Å². The molecule has 2 N–H and O–H groups in total. The average Bonchev–Trinajstić information content (AvgIpc) is 3.17. The van der Waals surface area contributed by atoms with E-state index in [0.717, 1.165) is 12.8 Å². The van der Waals surface area contributed by atoms with Crippen LogP contribution in [-0.2, 0) is 7.05 Å². The Bertz CT molecular complexity index is 631. The first-order valence-electron chi connectivity index (χ1n) is 6.42. The molecule has 20 heavy (non-hydrogen) atoms. The number of aromatic nitrogens is 2. The minimum Gasteiger partial charge on any atom is -0.493 e. The molecule has 1 aliphatic rings. The predicted molar refractivity (Wildman–Crippen MR) is 73.2 cm³/mol. The van der Waals surface area contributed by atoms with Gasteiger partial charge in [-0.3, -0.25) is 4.68 Å². The van der Waals surface area contributed by atoms with Crippen molar-refractivity contribution in [3.63, 3.8) is 0 Å². The van der Waals surface area contributed by atoms with Crippen molar-refractivity contribution in [1.29, 1.82) is 0 Å². The number of nitrogens with two attached hydrogens (primary N) is 1. The number of halogens is 1. The van der Waals surface area contributed by atoms with Gasteiger partial charge in [0, 0.05) is 19.2 Å². The highest BCUT2D eigenvalue weighted by Crippen LogP contribution is 2.42. The molecule has 0 bridgehead atoms. The van der Waals surface area contributed by atoms with Gasteiger partial charge < -0.3 is 15.2 Å². The minimum atomic E-state index is -0.399. The second kappa shape index (κ2) is 4.70. The molecule has 0 unspecified atom stereocenters. The summed E-state index contributed by atoms with van der Waals surface area (Å²) in [5.74, 6) is 0.996. The summed E-state index contributed by atoms with van der Waals surface area (Å²) in [4.78, 5) is 0. The lowest BCUT2D eigenvalue weighted by Crippen LogP contribution is -2.02. The van der Waals surface area contributed by atoms with E-state index in [9.17, 15) is 4.39 Å². The number of hydrogen-bond donors (Lipinski definition) is 1. The molecule has 1 aromatic heterocycles. The van der Waals surface area contributed by atoms with Gasteiger partial charge in [-0.1, -0.05) is 0 Å². The van der Waals surface area contributed by atoms with Gasteiger partial charge in [0.15, 0.2) is 11.5 Å². The monoisotopic (exact) mass is 277 g/mol. The number of methoxy groups -OCH3 is 1. The standard InChI is InChI=1S/C14H16FN3O2/c1-18-13(16)7-11(17-18)10-5-8(15)6-12(19-2)14(10)20-9-3-4-9/h5-7,9H,3-4,16H2,1-2H3. The van der Waals surface area contributed by atoms with E-state index >= 15 is 0 Å². The van der Waals surface area contributed by atoms with Gasteiger partial charge in [0.05, 0.1) is 24.5 Å². The van der Waals surface area contributed by atoms with Crippen molar-refractivity contribution in [2.75, 3.05) is 12.8 Å². The highest BCUT2D eigenvalue weighted by atomic mass is 19.1. The third-order valence-electron chi connectivity index (χ3n) is 3.24. The highest BCUT2D eigenvalue weighted by Gasteiger charge is 2.28. The molecule has 0 amide bonds. The molecule has 0 aliphatic heterocycles. The lowest BCUT2D eigenvalue weighted by molar-refractivity contribution is 0.282. The fourth-order valence-electron chi connectivity index (χ4n) is 2.00. The van der Waals surface area contributed by atoms with Crippen molar-refractivity contribution in [2.24, 2.45) is 7.05 Å². The number of benzene rings is 1. The Morgan fingerprint density at radius 3 is 2.65 bits per heavy atom. The fraction of sp³-hybridized carbons (Fsp3) is 0.357. The Labute approximate surface area is 116 Å². The normalized spacial score (nSPS) is 14.3. The summed E-state index contributed by atoms with van der Waals surface area (Å²) >= 11 is 0. The van der Waals surface area contributed by atoms with Crippen LogP contribution in [0.3, 0.4) is 0 Å². The predicted octanol–water partition coefficient (Wildman–Crippen LogP) is 2.36. The second-order valence-corrected chi connectivity index (χ2v) is 4.88. The van der Waals surface area contributed by atoms with E-state index in [1.165, 1.54) is 23.9 Å². The van der Waals surface area contributed by atoms with Crippen LogP contribution in [0.4, 0.5) is 10.2 Å². The van der Waals surface area contributed by atoms with Gasteiger partial charge >= 0.3 is 0 Å². The minimum absolute atomic E-state index is 0.175. The molecule has 0 saturated heterocycles. The van der Waals surface area contributed by atoms with E-state index in [4.69, 9.17) is 15.2 Å². The number of aryl methyl sites for hydroxylation is 1. The Kier molecular flexibility index (Phi) is 3.00. The maximum absolute atomic E-state index is 13.7. The van der Waals surface area contributed by atoms with Crippen LogP contribution in [0.1, 0.15) is 12.8 Å². The topological polar surface area (TPSA) is 62.3 Å². The van der Waals surface area contributed by atoms with Crippen molar-refractivity contribution in [3.05, 3.63) is 24.0 Å². The van der Waals surface area contributed by atoms with Crippen LogP contribution in [0.15, 0.2) is 18.2 Å². The molecule has 3 rings (SSSR count). The highest BCUT2D eigenvalue weighted by molar-refractivity contribution is 5.73. The van der Waals surface area contributed by atoms with Crippen LogP contribution in [0.2, 0.25) is 0 Å². The molecule has 1 aromatic carbocycles. The maximum atomic E-state index is 13.7. The summed E-state index contributed by atoms with van der Waals surface area (Å²) in [6.07, 6.45) is 2.18. The van der Waals surface area contributed by atoms with Crippen molar-refractivity contribution < 1.29 is 13.9 Å². The number of nitrogen functional groups attached to an aromatic ring is 1. The van der Waals surface area contributed by atoms with E-state index in [2.05, 4.69) is 5.10 Å². The first kappa shape index (κ1) is 12.8. The molecule has 0 spiro atoms. The molecule has 1 saturated carbocycles. The number of anilines is 1. The lowest BCUT2D eigenvalue weighted by Gasteiger charge is -2.14. The van der Waals surface area contributed by atoms with Crippen LogP contribution >= 0.6 is 0 Å². The molecule has 1 fully saturated rings. The Hall–Kier alpha value is -2.24. The molecule has 106 valence electrons. The van der Waals surface area contributed by atoms with Gasteiger partial charge in [-0.05, 0) is 18.9 Å². The first-order chi connectivity index (χ1) is 9.58. The van der Waals surface area contributed by atoms with Crippen LogP contribution in [-0.4, -0.2) is 23.0 Å². The lowest BCUT2D eigenvalue weighted by atomic mass is 10.1. The molecule has 2 aromatic rings. The van der Waals surface area contributed by atoms with Gasteiger partial charge in [-0.2, -0.15) is 5.10 Å². The summed E-state index contributed by atoms with van der Waals surface area (Å²) in [6, 6.07) is 4.39. The SMILES string of the molecule is COc1cc(F)cc(-c2cc(N)n(C)n2)c1OC1CC1. The molecular weight excluding hydrogens is 261 g/mol. The summed E-state index contributed by atoms with van der Waals surface area (Å²) in [6.45, 7) is 0. The zero-order chi connectivity index (χ0) is 14.3. The third-order valence-corrected chi connectivity index (χ3v) is 3.24. The zero-order valence-electron chi connectivity index (χ0n) is 11.4. The number of hydrogen-bond acceptors (Lipinski definition) is 4. The number of ether oxygens (including phenoxy) is 2. The van der Waals surface area contributed by atoms with Crippen LogP contribution in [0, 0.1) is 5.82 Å². The van der Waals surface area contributed by atoms with Crippen LogP contribution in [0.25, 0.3) is 11.3 Å². The zero-order valence-corrected chi connectivity index (χ0v) is 11.4. The molecule has 1 aliphatic carbocycles. The quantitative estimate of drug-likeness (QED) is 0.932. The molecular formula is C14H16FN3O2. The van der Waals surface area contributed by atoms with E-state index in [1.54, 1.807) is 13.1 Å². The van der Waals surface area contributed by atoms with Crippen molar-refractivity contribution in [3.8, 4) is 22.8 Å². The summed E-state index contributed by atoms with van der Waals surface area (Å²) < 4.78 is 26.4. The average molecular weight is 277 g/mol. The van der Waals surface area contributed by atoms with E-state index in [0.29, 0.717) is 28.6 Å².